The van der Waals surface area contributed by atoms with Gasteiger partial charge in [0.2, 0.25) is 0 Å². The molecule has 0 aromatic heterocycles. The van der Waals surface area contributed by atoms with Crippen molar-refractivity contribution in [3.8, 4) is 11.5 Å². The predicted molar refractivity (Wildman–Crippen MR) is 107 cm³/mol. The van der Waals surface area contributed by atoms with Gasteiger partial charge in [-0.1, -0.05) is 36.4 Å². The number of hydrogen-bond donors (Lipinski definition) is 1. The highest BCUT2D eigenvalue weighted by Gasteiger charge is 2.26. The van der Waals surface area contributed by atoms with Crippen LogP contribution in [0.5, 0.6) is 11.5 Å². The van der Waals surface area contributed by atoms with Gasteiger partial charge in [-0.2, -0.15) is 0 Å². The second-order valence-corrected chi connectivity index (χ2v) is 7.07. The molecule has 0 aliphatic carbocycles. The van der Waals surface area contributed by atoms with E-state index in [0.29, 0.717) is 18.7 Å². The first kappa shape index (κ1) is 19.2. The van der Waals surface area contributed by atoms with Crippen molar-refractivity contribution in [1.82, 2.24) is 4.90 Å². The zero-order valence-electron chi connectivity index (χ0n) is 15.9. The van der Waals surface area contributed by atoms with E-state index in [1.54, 1.807) is 13.2 Å². The van der Waals surface area contributed by atoms with Crippen molar-refractivity contribution >= 4 is 5.78 Å². The van der Waals surface area contributed by atoms with Crippen LogP contribution < -0.4 is 4.74 Å². The summed E-state index contributed by atoms with van der Waals surface area (Å²) in [5.41, 5.74) is 2.49. The Bertz CT molecular complexity index is 793. The number of phenolic OH excluding ortho intramolecular Hbond substituents is 1. The number of hydrogen-bond acceptors (Lipinski definition) is 4. The summed E-state index contributed by atoms with van der Waals surface area (Å²) in [5.74, 6) is 1.39. The number of carbonyl (C=O) groups excluding carboxylic acids is 1. The smallest absolute Gasteiger partial charge is 0.166 e. The number of Topliss-reactive ketones (excluding diaryl/α,β-unsaturated/α-hetero) is 1. The summed E-state index contributed by atoms with van der Waals surface area (Å²) >= 11 is 0. The van der Waals surface area contributed by atoms with E-state index in [2.05, 4.69) is 11.5 Å². The number of nitrogens with zero attached hydrogens (tertiary/aromatic N) is 1. The molecule has 2 aromatic carbocycles. The fraction of sp³-hybridized carbons (Fsp3) is 0.348. The second kappa shape index (κ2) is 8.87. The molecule has 0 saturated carbocycles. The highest BCUT2D eigenvalue weighted by atomic mass is 16.5. The minimum Gasteiger partial charge on any atom is -0.507 e. The van der Waals surface area contributed by atoms with E-state index in [9.17, 15) is 9.90 Å². The van der Waals surface area contributed by atoms with Crippen molar-refractivity contribution < 1.29 is 14.6 Å². The van der Waals surface area contributed by atoms with Gasteiger partial charge in [0.25, 0.3) is 0 Å². The molecule has 1 heterocycles. The minimum absolute atomic E-state index is 0.0823. The lowest BCUT2D eigenvalue weighted by Gasteiger charge is -2.31. The van der Waals surface area contributed by atoms with Crippen LogP contribution in [0.1, 0.15) is 34.3 Å². The largest absolute Gasteiger partial charge is 0.507 e. The minimum atomic E-state index is 0.0823. The molecule has 0 unspecified atom stereocenters. The number of likely N-dealkylation sites (tertiary alicyclic amines) is 1. The first-order valence-corrected chi connectivity index (χ1v) is 9.43. The van der Waals surface area contributed by atoms with Crippen LogP contribution in [0.25, 0.3) is 0 Å². The quantitative estimate of drug-likeness (QED) is 0.589. The van der Waals surface area contributed by atoms with E-state index in [1.165, 1.54) is 0 Å². The number of ketones is 1. The molecule has 0 spiro atoms. The van der Waals surface area contributed by atoms with Crippen LogP contribution in [-0.2, 0) is 13.0 Å². The Hall–Kier alpha value is -2.59. The van der Waals surface area contributed by atoms with Gasteiger partial charge >= 0.3 is 0 Å². The van der Waals surface area contributed by atoms with Gasteiger partial charge in [-0.15, -0.1) is 6.58 Å². The molecule has 1 aliphatic heterocycles. The van der Waals surface area contributed by atoms with Crippen molar-refractivity contribution in [2.75, 3.05) is 20.2 Å². The normalized spacial score (nSPS) is 15.4. The molecule has 1 aliphatic rings. The molecule has 0 bridgehead atoms. The lowest BCUT2D eigenvalue weighted by atomic mass is 9.88. The second-order valence-electron chi connectivity index (χ2n) is 7.07. The molecule has 4 heteroatoms. The fourth-order valence-corrected chi connectivity index (χ4v) is 3.71. The van der Waals surface area contributed by atoms with Gasteiger partial charge in [0.1, 0.15) is 11.5 Å². The summed E-state index contributed by atoms with van der Waals surface area (Å²) in [4.78, 5) is 14.9. The molecule has 1 saturated heterocycles. The summed E-state index contributed by atoms with van der Waals surface area (Å²) in [7, 11) is 1.63. The number of allylic oxidation sites excluding steroid dienone is 1. The van der Waals surface area contributed by atoms with Crippen molar-refractivity contribution in [3.63, 3.8) is 0 Å². The molecular formula is C23H27NO3. The molecule has 2 aromatic rings. The van der Waals surface area contributed by atoms with Gasteiger partial charge in [-0.05, 0) is 44.5 Å². The van der Waals surface area contributed by atoms with Crippen molar-refractivity contribution in [2.45, 2.75) is 25.8 Å². The van der Waals surface area contributed by atoms with Crippen molar-refractivity contribution in [1.29, 1.82) is 0 Å². The number of piperidine rings is 1. The van der Waals surface area contributed by atoms with Crippen LogP contribution in [0.15, 0.2) is 55.1 Å². The monoisotopic (exact) mass is 365 g/mol. The van der Waals surface area contributed by atoms with Gasteiger partial charge in [0.15, 0.2) is 5.78 Å². The lowest BCUT2D eigenvalue weighted by molar-refractivity contribution is 0.0834. The van der Waals surface area contributed by atoms with Gasteiger partial charge in [-0.3, -0.25) is 9.69 Å². The highest BCUT2D eigenvalue weighted by molar-refractivity contribution is 5.97. The summed E-state index contributed by atoms with van der Waals surface area (Å²) < 4.78 is 5.37. The molecule has 1 N–H and O–H groups in total. The van der Waals surface area contributed by atoms with E-state index in [1.807, 2.05) is 42.5 Å². The molecule has 3 rings (SSSR count). The number of benzene rings is 2. The molecule has 27 heavy (non-hydrogen) atoms. The predicted octanol–water partition coefficient (Wildman–Crippen LogP) is 4.22. The van der Waals surface area contributed by atoms with Crippen molar-refractivity contribution in [3.05, 3.63) is 71.8 Å². The van der Waals surface area contributed by atoms with Crippen LogP contribution in [-0.4, -0.2) is 36.0 Å². The Morgan fingerprint density at radius 1 is 1.22 bits per heavy atom. The molecule has 0 amide bonds. The third-order valence-corrected chi connectivity index (χ3v) is 5.25. The van der Waals surface area contributed by atoms with E-state index >= 15 is 0 Å². The van der Waals surface area contributed by atoms with Crippen LogP contribution >= 0.6 is 0 Å². The topological polar surface area (TPSA) is 49.8 Å². The maximum Gasteiger partial charge on any atom is 0.166 e. The average molecular weight is 365 g/mol. The zero-order valence-corrected chi connectivity index (χ0v) is 15.9. The molecule has 142 valence electrons. The van der Waals surface area contributed by atoms with Crippen LogP contribution in [0, 0.1) is 5.92 Å². The van der Waals surface area contributed by atoms with Gasteiger partial charge in [-0.25, -0.2) is 0 Å². The summed E-state index contributed by atoms with van der Waals surface area (Å²) in [5, 5.41) is 10.6. The summed E-state index contributed by atoms with van der Waals surface area (Å²) in [6.07, 6.45) is 4.07. The van der Waals surface area contributed by atoms with E-state index in [-0.39, 0.29) is 11.7 Å². The molecular weight excluding hydrogens is 338 g/mol. The SMILES string of the molecule is C=CCc1cc(OC)cc(CN2CCC(C(=O)c3ccccc3)CC2)c1O. The molecule has 0 radical (unpaired) electrons. The van der Waals surface area contributed by atoms with Gasteiger partial charge < -0.3 is 9.84 Å². The standard InChI is InChI=1S/C23H27NO3/c1-3-7-19-14-21(27-2)15-20(23(19)26)16-24-12-10-18(11-13-24)22(25)17-8-5-4-6-9-17/h3-6,8-9,14-15,18,26H,1,7,10-13,16H2,2H3. The number of aromatic hydroxyl groups is 1. The molecule has 0 atom stereocenters. The average Bonchev–Trinajstić information content (AvgIpc) is 2.71. The maximum absolute atomic E-state index is 12.6. The van der Waals surface area contributed by atoms with E-state index in [0.717, 1.165) is 48.4 Å². The Kier molecular flexibility index (Phi) is 6.30. The van der Waals surface area contributed by atoms with Gasteiger partial charge in [0.05, 0.1) is 7.11 Å². The molecule has 1 fully saturated rings. The van der Waals surface area contributed by atoms with Gasteiger partial charge in [0, 0.05) is 29.2 Å². The van der Waals surface area contributed by atoms with Crippen LogP contribution in [0.4, 0.5) is 0 Å². The highest BCUT2D eigenvalue weighted by Crippen LogP contribution is 2.31. The zero-order chi connectivity index (χ0) is 19.2. The summed E-state index contributed by atoms with van der Waals surface area (Å²) in [6, 6.07) is 13.3. The Morgan fingerprint density at radius 3 is 2.52 bits per heavy atom. The van der Waals surface area contributed by atoms with E-state index < -0.39 is 0 Å². The number of methoxy groups -OCH3 is 1. The van der Waals surface area contributed by atoms with Crippen molar-refractivity contribution in [2.24, 2.45) is 5.92 Å². The third kappa shape index (κ3) is 4.58. The Balaban J connectivity index is 1.65. The lowest BCUT2D eigenvalue weighted by Crippen LogP contribution is -2.36. The Labute approximate surface area is 161 Å². The first-order valence-electron chi connectivity index (χ1n) is 9.43. The molecule has 4 nitrogen and oxygen atoms in total. The number of ether oxygens (including phenoxy) is 1. The number of phenols is 1. The van der Waals surface area contributed by atoms with E-state index in [4.69, 9.17) is 4.74 Å². The first-order chi connectivity index (χ1) is 13.1. The number of carbonyl (C=O) groups is 1. The Morgan fingerprint density at radius 2 is 1.89 bits per heavy atom. The third-order valence-electron chi connectivity index (χ3n) is 5.25. The summed E-state index contributed by atoms with van der Waals surface area (Å²) in [6.45, 7) is 6.09. The van der Waals surface area contributed by atoms with Crippen LogP contribution in [0.3, 0.4) is 0 Å². The fourth-order valence-electron chi connectivity index (χ4n) is 3.71. The maximum atomic E-state index is 12.6. The number of rotatable bonds is 7. The van der Waals surface area contributed by atoms with Crippen LogP contribution in [0.2, 0.25) is 0 Å².